The molecule has 5 heteroatoms. The highest BCUT2D eigenvalue weighted by Crippen LogP contribution is 2.13. The van der Waals surface area contributed by atoms with Gasteiger partial charge in [-0.05, 0) is 30.8 Å². The molecule has 19 heavy (non-hydrogen) atoms. The van der Waals surface area contributed by atoms with Crippen molar-refractivity contribution in [2.24, 2.45) is 0 Å². The zero-order chi connectivity index (χ0) is 14.1. The SMILES string of the molecule is CCN(CCOC)CC(O)COc1ccc(N)cc1. The van der Waals surface area contributed by atoms with Crippen LogP contribution in [0.1, 0.15) is 6.92 Å². The highest BCUT2D eigenvalue weighted by atomic mass is 16.5. The van der Waals surface area contributed by atoms with E-state index in [2.05, 4.69) is 11.8 Å². The molecule has 1 aromatic carbocycles. The van der Waals surface area contributed by atoms with Gasteiger partial charge in [-0.3, -0.25) is 4.90 Å². The maximum absolute atomic E-state index is 9.93. The first kappa shape index (κ1) is 15.8. The number of hydrogen-bond acceptors (Lipinski definition) is 5. The topological polar surface area (TPSA) is 68.0 Å². The van der Waals surface area contributed by atoms with Gasteiger partial charge in [-0.15, -0.1) is 0 Å². The summed E-state index contributed by atoms with van der Waals surface area (Å²) in [6.07, 6.45) is -0.519. The van der Waals surface area contributed by atoms with E-state index in [0.29, 0.717) is 24.6 Å². The lowest BCUT2D eigenvalue weighted by atomic mass is 10.3. The lowest BCUT2D eigenvalue weighted by Crippen LogP contribution is -2.37. The van der Waals surface area contributed by atoms with E-state index < -0.39 is 6.10 Å². The van der Waals surface area contributed by atoms with Gasteiger partial charge in [-0.1, -0.05) is 6.92 Å². The van der Waals surface area contributed by atoms with Crippen LogP contribution in [0.4, 0.5) is 5.69 Å². The van der Waals surface area contributed by atoms with E-state index in [1.807, 2.05) is 0 Å². The van der Waals surface area contributed by atoms with Crippen molar-refractivity contribution < 1.29 is 14.6 Å². The van der Waals surface area contributed by atoms with Crippen molar-refractivity contribution in [2.75, 3.05) is 45.7 Å². The number of rotatable bonds is 9. The molecule has 1 atom stereocenters. The average molecular weight is 268 g/mol. The summed E-state index contributed by atoms with van der Waals surface area (Å²) in [5.41, 5.74) is 6.29. The molecule has 108 valence electrons. The Balaban J connectivity index is 2.29. The summed E-state index contributed by atoms with van der Waals surface area (Å²) in [6, 6.07) is 7.15. The van der Waals surface area contributed by atoms with E-state index in [0.717, 1.165) is 13.1 Å². The minimum absolute atomic E-state index is 0.271. The second-order valence-corrected chi connectivity index (χ2v) is 4.42. The van der Waals surface area contributed by atoms with Gasteiger partial charge in [0.2, 0.25) is 0 Å². The number of aliphatic hydroxyl groups excluding tert-OH is 1. The number of nitrogens with zero attached hydrogens (tertiary/aromatic N) is 1. The van der Waals surface area contributed by atoms with E-state index >= 15 is 0 Å². The van der Waals surface area contributed by atoms with Crippen LogP contribution in [0.2, 0.25) is 0 Å². The van der Waals surface area contributed by atoms with Crippen LogP contribution in [0.15, 0.2) is 24.3 Å². The van der Waals surface area contributed by atoms with Crippen molar-refractivity contribution in [3.63, 3.8) is 0 Å². The standard InChI is InChI=1S/C14H24N2O3/c1-3-16(8-9-18-2)10-13(17)11-19-14-6-4-12(15)5-7-14/h4-7,13,17H,3,8-11,15H2,1-2H3. The normalized spacial score (nSPS) is 12.6. The van der Waals surface area contributed by atoms with Gasteiger partial charge in [0.15, 0.2) is 0 Å². The van der Waals surface area contributed by atoms with Crippen molar-refractivity contribution in [3.8, 4) is 5.75 Å². The molecule has 0 saturated carbocycles. The molecule has 0 radical (unpaired) electrons. The Bertz CT molecular complexity index is 343. The van der Waals surface area contributed by atoms with Gasteiger partial charge in [0.05, 0.1) is 6.61 Å². The first-order chi connectivity index (χ1) is 9.15. The fourth-order valence-corrected chi connectivity index (χ4v) is 1.71. The molecule has 0 aliphatic carbocycles. The third kappa shape index (κ3) is 6.42. The third-order valence-corrected chi connectivity index (χ3v) is 2.85. The lowest BCUT2D eigenvalue weighted by molar-refractivity contribution is 0.0592. The number of nitrogen functional groups attached to an aromatic ring is 1. The van der Waals surface area contributed by atoms with Crippen molar-refractivity contribution in [1.29, 1.82) is 0 Å². The van der Waals surface area contributed by atoms with Crippen LogP contribution < -0.4 is 10.5 Å². The summed E-state index contributed by atoms with van der Waals surface area (Å²) in [5, 5.41) is 9.93. The predicted molar refractivity (Wildman–Crippen MR) is 76.3 cm³/mol. The predicted octanol–water partition coefficient (Wildman–Crippen LogP) is 0.977. The molecular weight excluding hydrogens is 244 g/mol. The summed E-state index contributed by atoms with van der Waals surface area (Å²) >= 11 is 0. The van der Waals surface area contributed by atoms with E-state index in [1.54, 1.807) is 31.4 Å². The number of nitrogens with two attached hydrogens (primary N) is 1. The molecule has 0 spiro atoms. The molecule has 1 aromatic rings. The van der Waals surface area contributed by atoms with Crippen LogP contribution in [0.5, 0.6) is 5.75 Å². The van der Waals surface area contributed by atoms with Crippen molar-refractivity contribution in [3.05, 3.63) is 24.3 Å². The molecule has 0 heterocycles. The van der Waals surface area contributed by atoms with Crippen LogP contribution in [0.25, 0.3) is 0 Å². The summed E-state index contributed by atoms with van der Waals surface area (Å²) in [7, 11) is 1.68. The maximum Gasteiger partial charge on any atom is 0.119 e. The minimum Gasteiger partial charge on any atom is -0.491 e. The summed E-state index contributed by atoms with van der Waals surface area (Å²) in [6.45, 7) is 5.26. The van der Waals surface area contributed by atoms with Crippen LogP contribution in [-0.2, 0) is 4.74 Å². The van der Waals surface area contributed by atoms with Crippen molar-refractivity contribution >= 4 is 5.69 Å². The highest BCUT2D eigenvalue weighted by Gasteiger charge is 2.10. The number of methoxy groups -OCH3 is 1. The summed E-state index contributed by atoms with van der Waals surface area (Å²) < 4.78 is 10.5. The van der Waals surface area contributed by atoms with E-state index in [1.165, 1.54) is 0 Å². The molecule has 0 fully saturated rings. The third-order valence-electron chi connectivity index (χ3n) is 2.85. The Morgan fingerprint density at radius 3 is 2.58 bits per heavy atom. The Morgan fingerprint density at radius 2 is 2.00 bits per heavy atom. The van der Waals surface area contributed by atoms with Crippen molar-refractivity contribution in [1.82, 2.24) is 4.90 Å². The number of aliphatic hydroxyl groups is 1. The van der Waals surface area contributed by atoms with Crippen LogP contribution in [0.3, 0.4) is 0 Å². The molecule has 0 saturated heterocycles. The molecule has 1 rings (SSSR count). The van der Waals surface area contributed by atoms with Gasteiger partial charge in [0.1, 0.15) is 18.5 Å². The van der Waals surface area contributed by atoms with Crippen molar-refractivity contribution in [2.45, 2.75) is 13.0 Å². The second kappa shape index (κ2) is 8.74. The number of anilines is 1. The molecule has 0 aliphatic rings. The summed E-state index contributed by atoms with van der Waals surface area (Å²) in [5.74, 6) is 0.716. The van der Waals surface area contributed by atoms with Gasteiger partial charge in [0, 0.05) is 25.9 Å². The molecule has 5 nitrogen and oxygen atoms in total. The fourth-order valence-electron chi connectivity index (χ4n) is 1.71. The molecule has 0 amide bonds. The Morgan fingerprint density at radius 1 is 1.32 bits per heavy atom. The van der Waals surface area contributed by atoms with Gasteiger partial charge >= 0.3 is 0 Å². The number of ether oxygens (including phenoxy) is 2. The largest absolute Gasteiger partial charge is 0.491 e. The van der Waals surface area contributed by atoms with Crippen LogP contribution >= 0.6 is 0 Å². The van der Waals surface area contributed by atoms with Gasteiger partial charge in [-0.2, -0.15) is 0 Å². The Kier molecular flexibility index (Phi) is 7.25. The van der Waals surface area contributed by atoms with E-state index in [9.17, 15) is 5.11 Å². The fraction of sp³-hybridized carbons (Fsp3) is 0.571. The van der Waals surface area contributed by atoms with E-state index in [-0.39, 0.29) is 6.61 Å². The molecule has 1 unspecified atom stereocenters. The maximum atomic E-state index is 9.93. The number of hydrogen-bond donors (Lipinski definition) is 2. The lowest BCUT2D eigenvalue weighted by Gasteiger charge is -2.23. The van der Waals surface area contributed by atoms with Crippen LogP contribution in [-0.4, -0.2) is 56.1 Å². The Hall–Kier alpha value is -1.30. The average Bonchev–Trinajstić information content (AvgIpc) is 2.42. The number of likely N-dealkylation sites (N-methyl/N-ethyl adjacent to an activating group) is 1. The van der Waals surface area contributed by atoms with Crippen LogP contribution in [0, 0.1) is 0 Å². The summed E-state index contributed by atoms with van der Waals surface area (Å²) in [4.78, 5) is 2.13. The zero-order valence-corrected chi connectivity index (χ0v) is 11.7. The molecule has 0 bridgehead atoms. The zero-order valence-electron chi connectivity index (χ0n) is 11.7. The molecule has 0 aromatic heterocycles. The highest BCUT2D eigenvalue weighted by molar-refractivity contribution is 5.41. The van der Waals surface area contributed by atoms with E-state index in [4.69, 9.17) is 15.2 Å². The Labute approximate surface area is 114 Å². The quantitative estimate of drug-likeness (QED) is 0.653. The smallest absolute Gasteiger partial charge is 0.119 e. The second-order valence-electron chi connectivity index (χ2n) is 4.42. The first-order valence-corrected chi connectivity index (χ1v) is 6.53. The molecule has 3 N–H and O–H groups in total. The first-order valence-electron chi connectivity index (χ1n) is 6.53. The van der Waals surface area contributed by atoms with Gasteiger partial charge in [-0.25, -0.2) is 0 Å². The monoisotopic (exact) mass is 268 g/mol. The molecular formula is C14H24N2O3. The van der Waals surface area contributed by atoms with Gasteiger partial charge in [0.25, 0.3) is 0 Å². The number of benzene rings is 1. The van der Waals surface area contributed by atoms with Gasteiger partial charge < -0.3 is 20.3 Å². The minimum atomic E-state index is -0.519. The molecule has 0 aliphatic heterocycles.